The molecule has 0 bridgehead atoms. The quantitative estimate of drug-likeness (QED) is 0.848. The second-order valence-corrected chi connectivity index (χ2v) is 5.14. The third-order valence-corrected chi connectivity index (χ3v) is 3.77. The first-order valence-corrected chi connectivity index (χ1v) is 7.00. The second-order valence-electron chi connectivity index (χ2n) is 4.26. The molecule has 0 saturated carbocycles. The molecule has 0 aromatic heterocycles. The highest BCUT2D eigenvalue weighted by Gasteiger charge is 2.10. The van der Waals surface area contributed by atoms with Crippen molar-refractivity contribution >= 4 is 11.8 Å². The first kappa shape index (κ1) is 13.1. The van der Waals surface area contributed by atoms with Crippen LogP contribution in [0, 0.1) is 12.7 Å². The van der Waals surface area contributed by atoms with E-state index in [-0.39, 0.29) is 11.9 Å². The van der Waals surface area contributed by atoms with Crippen molar-refractivity contribution in [2.24, 2.45) is 5.73 Å². The van der Waals surface area contributed by atoms with Gasteiger partial charge >= 0.3 is 0 Å². The topological polar surface area (TPSA) is 26.0 Å². The lowest BCUT2D eigenvalue weighted by molar-refractivity contribution is 0.614. The van der Waals surface area contributed by atoms with E-state index in [1.807, 2.05) is 36.6 Å². The fourth-order valence-electron chi connectivity index (χ4n) is 1.81. The SMILES string of the molecule is CSc1ccc(C(N)c2ccc(C)c(F)c2)cc1. The standard InChI is InChI=1S/C15H16FNS/c1-10-3-4-12(9-14(10)16)15(17)11-5-7-13(18-2)8-6-11/h3-9,15H,17H2,1-2H3. The van der Waals surface area contributed by atoms with Gasteiger partial charge in [-0.15, -0.1) is 11.8 Å². The predicted octanol–water partition coefficient (Wildman–Crippen LogP) is 3.90. The largest absolute Gasteiger partial charge is 0.320 e. The van der Waals surface area contributed by atoms with Gasteiger partial charge in [-0.3, -0.25) is 0 Å². The summed E-state index contributed by atoms with van der Waals surface area (Å²) in [5.41, 5.74) is 8.59. The molecule has 1 atom stereocenters. The van der Waals surface area contributed by atoms with Crippen molar-refractivity contribution in [2.75, 3.05) is 6.26 Å². The third-order valence-electron chi connectivity index (χ3n) is 3.03. The van der Waals surface area contributed by atoms with Crippen LogP contribution >= 0.6 is 11.8 Å². The molecule has 0 heterocycles. The van der Waals surface area contributed by atoms with Crippen LogP contribution in [0.1, 0.15) is 22.7 Å². The fraction of sp³-hybridized carbons (Fsp3) is 0.200. The Morgan fingerprint density at radius 2 is 1.67 bits per heavy atom. The van der Waals surface area contributed by atoms with E-state index in [9.17, 15) is 4.39 Å². The van der Waals surface area contributed by atoms with Crippen LogP contribution in [0.2, 0.25) is 0 Å². The Labute approximate surface area is 111 Å². The highest BCUT2D eigenvalue weighted by atomic mass is 32.2. The van der Waals surface area contributed by atoms with Gasteiger partial charge in [-0.05, 0) is 48.1 Å². The van der Waals surface area contributed by atoms with E-state index in [4.69, 9.17) is 5.73 Å². The van der Waals surface area contributed by atoms with E-state index in [0.29, 0.717) is 5.56 Å². The van der Waals surface area contributed by atoms with Crippen molar-refractivity contribution in [1.29, 1.82) is 0 Å². The molecule has 2 rings (SSSR count). The van der Waals surface area contributed by atoms with E-state index >= 15 is 0 Å². The summed E-state index contributed by atoms with van der Waals surface area (Å²) in [7, 11) is 0. The third kappa shape index (κ3) is 2.74. The van der Waals surface area contributed by atoms with Gasteiger partial charge in [0.15, 0.2) is 0 Å². The molecule has 0 aliphatic carbocycles. The molecule has 94 valence electrons. The van der Waals surface area contributed by atoms with Crippen LogP contribution in [0.25, 0.3) is 0 Å². The molecule has 2 N–H and O–H groups in total. The summed E-state index contributed by atoms with van der Waals surface area (Å²) in [4.78, 5) is 1.20. The summed E-state index contributed by atoms with van der Waals surface area (Å²) in [5, 5.41) is 0. The summed E-state index contributed by atoms with van der Waals surface area (Å²) in [6.45, 7) is 1.75. The Bertz CT molecular complexity index is 537. The summed E-state index contributed by atoms with van der Waals surface area (Å²) in [6.07, 6.45) is 2.03. The van der Waals surface area contributed by atoms with Gasteiger partial charge < -0.3 is 5.73 Å². The highest BCUT2D eigenvalue weighted by molar-refractivity contribution is 7.98. The summed E-state index contributed by atoms with van der Waals surface area (Å²) >= 11 is 1.69. The van der Waals surface area contributed by atoms with Gasteiger partial charge in [-0.2, -0.15) is 0 Å². The maximum absolute atomic E-state index is 13.5. The number of halogens is 1. The Balaban J connectivity index is 2.28. The smallest absolute Gasteiger partial charge is 0.126 e. The molecule has 2 aromatic rings. The second kappa shape index (κ2) is 5.55. The zero-order valence-corrected chi connectivity index (χ0v) is 11.3. The highest BCUT2D eigenvalue weighted by Crippen LogP contribution is 2.23. The van der Waals surface area contributed by atoms with Crippen LogP contribution in [0.15, 0.2) is 47.4 Å². The van der Waals surface area contributed by atoms with Gasteiger partial charge in [-0.25, -0.2) is 4.39 Å². The molecule has 0 aliphatic heterocycles. The average Bonchev–Trinajstić information content (AvgIpc) is 2.41. The van der Waals surface area contributed by atoms with Crippen molar-refractivity contribution in [1.82, 2.24) is 0 Å². The maximum atomic E-state index is 13.5. The van der Waals surface area contributed by atoms with E-state index in [2.05, 4.69) is 0 Å². The van der Waals surface area contributed by atoms with Crippen LogP contribution in [-0.4, -0.2) is 6.26 Å². The van der Waals surface area contributed by atoms with E-state index < -0.39 is 0 Å². The van der Waals surface area contributed by atoms with Crippen molar-refractivity contribution in [3.05, 3.63) is 65.0 Å². The molecule has 0 saturated heterocycles. The summed E-state index contributed by atoms with van der Waals surface area (Å²) in [5.74, 6) is -0.205. The lowest BCUT2D eigenvalue weighted by Gasteiger charge is -2.13. The molecule has 18 heavy (non-hydrogen) atoms. The van der Waals surface area contributed by atoms with Crippen LogP contribution in [0.3, 0.4) is 0 Å². The number of benzene rings is 2. The van der Waals surface area contributed by atoms with Gasteiger partial charge in [-0.1, -0.05) is 24.3 Å². The Kier molecular flexibility index (Phi) is 4.04. The zero-order chi connectivity index (χ0) is 13.1. The van der Waals surface area contributed by atoms with Gasteiger partial charge in [0.25, 0.3) is 0 Å². The Morgan fingerprint density at radius 3 is 2.22 bits per heavy atom. The molecule has 1 unspecified atom stereocenters. The average molecular weight is 261 g/mol. The fourth-order valence-corrected chi connectivity index (χ4v) is 2.21. The van der Waals surface area contributed by atoms with Crippen LogP contribution in [-0.2, 0) is 0 Å². The molecule has 0 fully saturated rings. The lowest BCUT2D eigenvalue weighted by Crippen LogP contribution is -2.12. The first-order chi connectivity index (χ1) is 8.61. The molecule has 0 spiro atoms. The minimum absolute atomic E-state index is 0.205. The normalized spacial score (nSPS) is 12.4. The summed E-state index contributed by atoms with van der Waals surface area (Å²) in [6, 6.07) is 12.9. The minimum Gasteiger partial charge on any atom is -0.320 e. The van der Waals surface area contributed by atoms with E-state index in [0.717, 1.165) is 11.1 Å². The monoisotopic (exact) mass is 261 g/mol. The van der Waals surface area contributed by atoms with Crippen molar-refractivity contribution in [3.8, 4) is 0 Å². The van der Waals surface area contributed by atoms with Crippen LogP contribution in [0.5, 0.6) is 0 Å². The van der Waals surface area contributed by atoms with E-state index in [1.165, 1.54) is 11.0 Å². The number of aryl methyl sites for hydroxylation is 1. The van der Waals surface area contributed by atoms with E-state index in [1.54, 1.807) is 24.8 Å². The molecule has 0 aliphatic rings. The maximum Gasteiger partial charge on any atom is 0.126 e. The predicted molar refractivity (Wildman–Crippen MR) is 75.4 cm³/mol. The zero-order valence-electron chi connectivity index (χ0n) is 10.5. The molecule has 1 nitrogen and oxygen atoms in total. The van der Waals surface area contributed by atoms with Crippen LogP contribution < -0.4 is 5.73 Å². The number of hydrogen-bond acceptors (Lipinski definition) is 2. The molecule has 2 aromatic carbocycles. The lowest BCUT2D eigenvalue weighted by atomic mass is 9.98. The summed E-state index contributed by atoms with van der Waals surface area (Å²) < 4.78 is 13.5. The molecular formula is C15H16FNS. The van der Waals surface area contributed by atoms with Crippen LogP contribution in [0.4, 0.5) is 4.39 Å². The van der Waals surface area contributed by atoms with Crippen molar-refractivity contribution in [2.45, 2.75) is 17.9 Å². The molecule has 3 heteroatoms. The number of hydrogen-bond donors (Lipinski definition) is 1. The molecular weight excluding hydrogens is 245 g/mol. The van der Waals surface area contributed by atoms with Gasteiger partial charge in [0.2, 0.25) is 0 Å². The Hall–Kier alpha value is -1.32. The van der Waals surface area contributed by atoms with Gasteiger partial charge in [0.1, 0.15) is 5.82 Å². The number of nitrogens with two attached hydrogens (primary N) is 1. The number of thioether (sulfide) groups is 1. The minimum atomic E-state index is -0.281. The Morgan fingerprint density at radius 1 is 1.06 bits per heavy atom. The van der Waals surface area contributed by atoms with Gasteiger partial charge in [0, 0.05) is 4.90 Å². The van der Waals surface area contributed by atoms with Gasteiger partial charge in [0.05, 0.1) is 6.04 Å². The molecule has 0 radical (unpaired) electrons. The number of rotatable bonds is 3. The van der Waals surface area contributed by atoms with Crippen molar-refractivity contribution in [3.63, 3.8) is 0 Å². The molecule has 0 amide bonds. The van der Waals surface area contributed by atoms with Crippen molar-refractivity contribution < 1.29 is 4.39 Å². The first-order valence-electron chi connectivity index (χ1n) is 5.77.